The maximum absolute atomic E-state index is 13.5. The molecule has 0 aliphatic rings. The Bertz CT molecular complexity index is 660. The molecule has 1 N–H and O–H groups in total. The first-order chi connectivity index (χ1) is 9.65. The van der Waals surface area contributed by atoms with Crippen LogP contribution in [-0.2, 0) is 10.0 Å². The highest BCUT2D eigenvalue weighted by molar-refractivity contribution is 7.89. The number of benzene rings is 1. The van der Waals surface area contributed by atoms with Crippen molar-refractivity contribution in [2.24, 2.45) is 0 Å². The molecule has 0 saturated heterocycles. The average molecular weight is 319 g/mol. The fraction of sp³-hybridized carbons (Fsp3) is 0.364. The van der Waals surface area contributed by atoms with Gasteiger partial charge in [-0.05, 0) is 6.07 Å². The second kappa shape index (κ2) is 6.59. The van der Waals surface area contributed by atoms with Gasteiger partial charge in [-0.15, -0.1) is 0 Å². The van der Waals surface area contributed by atoms with Gasteiger partial charge in [0, 0.05) is 32.8 Å². The zero-order valence-electron chi connectivity index (χ0n) is 11.4. The van der Waals surface area contributed by atoms with Crippen molar-refractivity contribution >= 4 is 21.6 Å². The van der Waals surface area contributed by atoms with E-state index in [1.807, 2.05) is 0 Å². The fourth-order valence-corrected chi connectivity index (χ4v) is 2.10. The van der Waals surface area contributed by atoms with E-state index in [1.54, 1.807) is 0 Å². The Labute approximate surface area is 120 Å². The minimum Gasteiger partial charge on any atom is -0.351 e. The van der Waals surface area contributed by atoms with Crippen molar-refractivity contribution < 1.29 is 22.5 Å². The van der Waals surface area contributed by atoms with Crippen molar-refractivity contribution in [1.82, 2.24) is 9.62 Å². The number of nitrogens with one attached hydrogen (secondary N) is 1. The number of hydrogen-bond donors (Lipinski definition) is 1. The van der Waals surface area contributed by atoms with Crippen LogP contribution in [0.3, 0.4) is 0 Å². The molecular weight excluding hydrogens is 305 g/mol. The number of hydrogen-bond acceptors (Lipinski definition) is 5. The second-order valence-corrected chi connectivity index (χ2v) is 6.58. The van der Waals surface area contributed by atoms with Crippen molar-refractivity contribution in [3.05, 3.63) is 39.7 Å². The highest BCUT2D eigenvalue weighted by Gasteiger charge is 2.18. The molecular formula is C11H14FN3O5S. The minimum absolute atomic E-state index is 0.235. The minimum atomic E-state index is -3.49. The van der Waals surface area contributed by atoms with Gasteiger partial charge in [0.25, 0.3) is 11.6 Å². The van der Waals surface area contributed by atoms with Crippen LogP contribution in [0.2, 0.25) is 0 Å². The zero-order valence-corrected chi connectivity index (χ0v) is 12.2. The Kier molecular flexibility index (Phi) is 5.33. The summed E-state index contributed by atoms with van der Waals surface area (Å²) >= 11 is 0. The van der Waals surface area contributed by atoms with E-state index in [-0.39, 0.29) is 12.3 Å². The lowest BCUT2D eigenvalue weighted by atomic mass is 10.2. The predicted molar refractivity (Wildman–Crippen MR) is 72.9 cm³/mol. The second-order valence-electron chi connectivity index (χ2n) is 4.28. The third-order valence-electron chi connectivity index (χ3n) is 2.61. The first-order valence-electron chi connectivity index (χ1n) is 5.77. The lowest BCUT2D eigenvalue weighted by Gasteiger charge is -2.11. The van der Waals surface area contributed by atoms with Gasteiger partial charge in [0.2, 0.25) is 10.0 Å². The van der Waals surface area contributed by atoms with Crippen LogP contribution in [0.1, 0.15) is 10.4 Å². The number of nitro benzene ring substituents is 1. The molecule has 1 amide bonds. The van der Waals surface area contributed by atoms with Gasteiger partial charge in [0.15, 0.2) is 0 Å². The number of non-ortho nitro benzene ring substituents is 1. The molecule has 0 spiro atoms. The lowest BCUT2D eigenvalue weighted by Crippen LogP contribution is -2.34. The van der Waals surface area contributed by atoms with Gasteiger partial charge < -0.3 is 5.32 Å². The third kappa shape index (κ3) is 4.46. The summed E-state index contributed by atoms with van der Waals surface area (Å²) in [5, 5.41) is 12.8. The van der Waals surface area contributed by atoms with Crippen molar-refractivity contribution in [2.45, 2.75) is 0 Å². The number of amides is 1. The Hall–Kier alpha value is -2.07. The number of halogens is 1. The molecule has 0 saturated carbocycles. The summed E-state index contributed by atoms with van der Waals surface area (Å²) in [6, 6.07) is 2.54. The van der Waals surface area contributed by atoms with Gasteiger partial charge in [-0.25, -0.2) is 17.1 Å². The van der Waals surface area contributed by atoms with Crippen LogP contribution in [-0.4, -0.2) is 49.9 Å². The molecule has 0 bridgehead atoms. The molecule has 0 unspecified atom stereocenters. The van der Waals surface area contributed by atoms with E-state index in [9.17, 15) is 27.7 Å². The van der Waals surface area contributed by atoms with Crippen molar-refractivity contribution in [3.8, 4) is 0 Å². The van der Waals surface area contributed by atoms with Crippen molar-refractivity contribution in [3.63, 3.8) is 0 Å². The SMILES string of the molecule is CN(C)S(=O)(=O)CCNC(=O)c1cc([N+](=O)[O-])ccc1F. The van der Waals surface area contributed by atoms with Gasteiger partial charge in [-0.2, -0.15) is 0 Å². The lowest BCUT2D eigenvalue weighted by molar-refractivity contribution is -0.384. The number of nitrogens with zero attached hydrogens (tertiary/aromatic N) is 2. The number of carbonyl (C=O) groups is 1. The summed E-state index contributed by atoms with van der Waals surface area (Å²) < 4.78 is 37.4. The highest BCUT2D eigenvalue weighted by atomic mass is 32.2. The van der Waals surface area contributed by atoms with Crippen LogP contribution in [0.5, 0.6) is 0 Å². The van der Waals surface area contributed by atoms with Gasteiger partial charge in [-0.1, -0.05) is 0 Å². The Balaban J connectivity index is 2.77. The largest absolute Gasteiger partial charge is 0.351 e. The molecule has 0 aromatic heterocycles. The molecule has 0 atom stereocenters. The predicted octanol–water partition coefficient (Wildman–Crippen LogP) is 0.355. The number of sulfonamides is 1. The number of nitro groups is 1. The molecule has 21 heavy (non-hydrogen) atoms. The summed E-state index contributed by atoms with van der Waals surface area (Å²) in [5.41, 5.74) is -0.936. The smallest absolute Gasteiger partial charge is 0.270 e. The number of carbonyl (C=O) groups excluding carboxylic acids is 1. The van der Waals surface area contributed by atoms with E-state index in [0.29, 0.717) is 0 Å². The molecule has 0 radical (unpaired) electrons. The van der Waals surface area contributed by atoms with Gasteiger partial charge in [0.05, 0.1) is 16.2 Å². The molecule has 1 aromatic rings. The molecule has 0 aliphatic carbocycles. The summed E-state index contributed by atoms with van der Waals surface area (Å²) in [7, 11) is -0.802. The van der Waals surface area contributed by atoms with Crippen LogP contribution in [0, 0.1) is 15.9 Å². The van der Waals surface area contributed by atoms with E-state index >= 15 is 0 Å². The fourth-order valence-electron chi connectivity index (χ4n) is 1.37. The molecule has 0 fully saturated rings. The van der Waals surface area contributed by atoms with Gasteiger partial charge in [-0.3, -0.25) is 14.9 Å². The van der Waals surface area contributed by atoms with Crippen LogP contribution in [0.15, 0.2) is 18.2 Å². The Morgan fingerprint density at radius 2 is 2.05 bits per heavy atom. The third-order valence-corrected chi connectivity index (χ3v) is 4.44. The highest BCUT2D eigenvalue weighted by Crippen LogP contribution is 2.16. The van der Waals surface area contributed by atoms with Crippen LogP contribution in [0.4, 0.5) is 10.1 Å². The molecule has 0 heterocycles. The average Bonchev–Trinajstić information content (AvgIpc) is 2.38. The summed E-state index contributed by atoms with van der Waals surface area (Å²) in [4.78, 5) is 21.5. The molecule has 1 rings (SSSR count). The van der Waals surface area contributed by atoms with Crippen LogP contribution in [0.25, 0.3) is 0 Å². The summed E-state index contributed by atoms with van der Waals surface area (Å²) in [6.45, 7) is -0.235. The van der Waals surface area contributed by atoms with Gasteiger partial charge >= 0.3 is 0 Å². The molecule has 8 nitrogen and oxygen atoms in total. The van der Waals surface area contributed by atoms with Crippen LogP contribution < -0.4 is 5.32 Å². The van der Waals surface area contributed by atoms with E-state index < -0.39 is 37.9 Å². The zero-order chi connectivity index (χ0) is 16.2. The Morgan fingerprint density at radius 3 is 2.57 bits per heavy atom. The van der Waals surface area contributed by atoms with E-state index in [2.05, 4.69) is 5.32 Å². The Morgan fingerprint density at radius 1 is 1.43 bits per heavy atom. The maximum Gasteiger partial charge on any atom is 0.270 e. The topological polar surface area (TPSA) is 110 Å². The monoisotopic (exact) mass is 319 g/mol. The molecule has 0 aliphatic heterocycles. The van der Waals surface area contributed by atoms with E-state index in [1.165, 1.54) is 14.1 Å². The summed E-state index contributed by atoms with van der Waals surface area (Å²) in [5.74, 6) is -2.19. The van der Waals surface area contributed by atoms with Crippen molar-refractivity contribution in [1.29, 1.82) is 0 Å². The molecule has 1 aromatic carbocycles. The van der Waals surface area contributed by atoms with E-state index in [4.69, 9.17) is 0 Å². The summed E-state index contributed by atoms with van der Waals surface area (Å²) in [6.07, 6.45) is 0. The standard InChI is InChI=1S/C11H14FN3O5S/c1-14(2)21(19,20)6-5-13-11(16)9-7-8(15(17)18)3-4-10(9)12/h3-4,7H,5-6H2,1-2H3,(H,13,16). The van der Waals surface area contributed by atoms with Crippen LogP contribution >= 0.6 is 0 Å². The first-order valence-corrected chi connectivity index (χ1v) is 7.38. The quantitative estimate of drug-likeness (QED) is 0.601. The van der Waals surface area contributed by atoms with E-state index in [0.717, 1.165) is 22.5 Å². The normalized spacial score (nSPS) is 11.4. The number of rotatable bonds is 6. The first kappa shape index (κ1) is 17.0. The maximum atomic E-state index is 13.5. The molecule has 116 valence electrons. The molecule has 10 heteroatoms. The van der Waals surface area contributed by atoms with Crippen molar-refractivity contribution in [2.75, 3.05) is 26.4 Å². The van der Waals surface area contributed by atoms with Gasteiger partial charge in [0.1, 0.15) is 5.82 Å².